The average molecular weight is 347 g/mol. The SMILES string of the molecule is O=C(Cc1cccs1)N1CCC(CCOc2ccc(F)cc2)CC1. The summed E-state index contributed by atoms with van der Waals surface area (Å²) in [6, 6.07) is 10.1. The van der Waals surface area contributed by atoms with Gasteiger partial charge in [-0.05, 0) is 60.9 Å². The van der Waals surface area contributed by atoms with E-state index in [2.05, 4.69) is 0 Å². The summed E-state index contributed by atoms with van der Waals surface area (Å²) in [4.78, 5) is 15.4. The predicted molar refractivity (Wildman–Crippen MR) is 93.8 cm³/mol. The zero-order valence-corrected chi connectivity index (χ0v) is 14.4. The summed E-state index contributed by atoms with van der Waals surface area (Å²) in [5.41, 5.74) is 0. The van der Waals surface area contributed by atoms with Crippen molar-refractivity contribution in [2.75, 3.05) is 19.7 Å². The fraction of sp³-hybridized carbons (Fsp3) is 0.421. The molecule has 128 valence electrons. The van der Waals surface area contributed by atoms with Gasteiger partial charge in [-0.15, -0.1) is 11.3 Å². The lowest BCUT2D eigenvalue weighted by molar-refractivity contribution is -0.131. The zero-order valence-electron chi connectivity index (χ0n) is 13.6. The molecular formula is C19H22FNO2S. The number of hydrogen-bond donors (Lipinski definition) is 0. The lowest BCUT2D eigenvalue weighted by Gasteiger charge is -2.32. The number of rotatable bonds is 6. The van der Waals surface area contributed by atoms with Gasteiger partial charge in [-0.1, -0.05) is 6.07 Å². The Balaban J connectivity index is 1.36. The highest BCUT2D eigenvalue weighted by molar-refractivity contribution is 7.10. The van der Waals surface area contributed by atoms with Crippen LogP contribution in [0.25, 0.3) is 0 Å². The van der Waals surface area contributed by atoms with Crippen molar-refractivity contribution in [3.8, 4) is 5.75 Å². The molecule has 0 spiro atoms. The summed E-state index contributed by atoms with van der Waals surface area (Å²) in [7, 11) is 0. The van der Waals surface area contributed by atoms with Crippen molar-refractivity contribution in [1.82, 2.24) is 4.90 Å². The Morgan fingerprint density at radius 1 is 1.21 bits per heavy atom. The van der Waals surface area contributed by atoms with Gasteiger partial charge in [-0.2, -0.15) is 0 Å². The summed E-state index contributed by atoms with van der Waals surface area (Å²) < 4.78 is 18.5. The van der Waals surface area contributed by atoms with E-state index in [1.165, 1.54) is 12.1 Å². The maximum absolute atomic E-state index is 12.8. The molecule has 0 radical (unpaired) electrons. The summed E-state index contributed by atoms with van der Waals surface area (Å²) in [5, 5.41) is 2.01. The standard InChI is InChI=1S/C19H22FNO2S/c20-16-3-5-17(6-4-16)23-12-9-15-7-10-21(11-8-15)19(22)14-18-2-1-13-24-18/h1-6,13,15H,7-12,14H2. The number of amides is 1. The Labute approximate surface area is 146 Å². The van der Waals surface area contributed by atoms with Gasteiger partial charge in [0.05, 0.1) is 13.0 Å². The molecular weight excluding hydrogens is 325 g/mol. The van der Waals surface area contributed by atoms with Crippen LogP contribution in [0.15, 0.2) is 41.8 Å². The second-order valence-electron chi connectivity index (χ2n) is 6.17. The van der Waals surface area contributed by atoms with Crippen LogP contribution in [-0.2, 0) is 11.2 Å². The van der Waals surface area contributed by atoms with E-state index in [1.54, 1.807) is 23.5 Å². The highest BCUT2D eigenvalue weighted by Crippen LogP contribution is 2.22. The highest BCUT2D eigenvalue weighted by Gasteiger charge is 2.22. The first-order valence-electron chi connectivity index (χ1n) is 8.39. The Morgan fingerprint density at radius 3 is 2.62 bits per heavy atom. The van der Waals surface area contributed by atoms with E-state index >= 15 is 0 Å². The molecule has 0 bridgehead atoms. The molecule has 3 rings (SSSR count). The third-order valence-corrected chi connectivity index (χ3v) is 5.36. The summed E-state index contributed by atoms with van der Waals surface area (Å²) in [6.45, 7) is 2.32. The third-order valence-electron chi connectivity index (χ3n) is 4.48. The second kappa shape index (κ2) is 8.29. The van der Waals surface area contributed by atoms with Gasteiger partial charge in [0.2, 0.25) is 5.91 Å². The molecule has 1 aliphatic heterocycles. The number of halogens is 1. The Bertz CT molecular complexity index is 634. The minimum atomic E-state index is -0.248. The van der Waals surface area contributed by atoms with Crippen LogP contribution >= 0.6 is 11.3 Å². The van der Waals surface area contributed by atoms with Crippen LogP contribution in [0.1, 0.15) is 24.1 Å². The van der Waals surface area contributed by atoms with Crippen molar-refractivity contribution in [2.45, 2.75) is 25.7 Å². The number of hydrogen-bond acceptors (Lipinski definition) is 3. The van der Waals surface area contributed by atoms with E-state index in [1.807, 2.05) is 22.4 Å². The molecule has 3 nitrogen and oxygen atoms in total. The first-order valence-corrected chi connectivity index (χ1v) is 9.27. The summed E-state index contributed by atoms with van der Waals surface area (Å²) in [5.74, 6) is 1.29. The molecule has 1 fully saturated rings. The lowest BCUT2D eigenvalue weighted by atomic mass is 9.94. The number of likely N-dealkylation sites (tertiary alicyclic amines) is 1. The average Bonchev–Trinajstić information content (AvgIpc) is 3.10. The van der Waals surface area contributed by atoms with Crippen LogP contribution in [-0.4, -0.2) is 30.5 Å². The van der Waals surface area contributed by atoms with Crippen molar-refractivity contribution in [3.05, 3.63) is 52.5 Å². The van der Waals surface area contributed by atoms with Crippen LogP contribution in [0.5, 0.6) is 5.75 Å². The molecule has 1 aliphatic rings. The molecule has 0 N–H and O–H groups in total. The van der Waals surface area contributed by atoms with Gasteiger partial charge >= 0.3 is 0 Å². The Kier molecular flexibility index (Phi) is 5.86. The van der Waals surface area contributed by atoms with Crippen LogP contribution in [0, 0.1) is 11.7 Å². The number of thiophene rings is 1. The normalized spacial score (nSPS) is 15.5. The molecule has 1 saturated heterocycles. The number of benzene rings is 1. The van der Waals surface area contributed by atoms with Gasteiger partial charge in [0.1, 0.15) is 11.6 Å². The topological polar surface area (TPSA) is 29.5 Å². The first kappa shape index (κ1) is 17.0. The molecule has 24 heavy (non-hydrogen) atoms. The highest BCUT2D eigenvalue weighted by atomic mass is 32.1. The minimum Gasteiger partial charge on any atom is -0.494 e. The van der Waals surface area contributed by atoms with Gasteiger partial charge in [-0.3, -0.25) is 4.79 Å². The van der Waals surface area contributed by atoms with Crippen LogP contribution < -0.4 is 4.74 Å². The number of piperidine rings is 1. The molecule has 1 amide bonds. The van der Waals surface area contributed by atoms with Gasteiger partial charge in [-0.25, -0.2) is 4.39 Å². The van der Waals surface area contributed by atoms with E-state index in [9.17, 15) is 9.18 Å². The summed E-state index contributed by atoms with van der Waals surface area (Å²) in [6.07, 6.45) is 3.56. The van der Waals surface area contributed by atoms with Crippen molar-refractivity contribution in [2.24, 2.45) is 5.92 Å². The van der Waals surface area contributed by atoms with E-state index in [4.69, 9.17) is 4.74 Å². The molecule has 0 atom stereocenters. The van der Waals surface area contributed by atoms with Crippen molar-refractivity contribution in [1.29, 1.82) is 0 Å². The number of ether oxygens (including phenoxy) is 1. The zero-order chi connectivity index (χ0) is 16.8. The van der Waals surface area contributed by atoms with Crippen LogP contribution in [0.3, 0.4) is 0 Å². The van der Waals surface area contributed by atoms with Crippen molar-refractivity contribution >= 4 is 17.2 Å². The Hall–Kier alpha value is -1.88. The fourth-order valence-electron chi connectivity index (χ4n) is 3.02. The Morgan fingerprint density at radius 2 is 1.96 bits per heavy atom. The quantitative estimate of drug-likeness (QED) is 0.786. The minimum absolute atomic E-state index is 0.235. The van der Waals surface area contributed by atoms with Crippen molar-refractivity contribution in [3.63, 3.8) is 0 Å². The van der Waals surface area contributed by atoms with Crippen LogP contribution in [0.4, 0.5) is 4.39 Å². The molecule has 1 aromatic carbocycles. The molecule has 0 unspecified atom stereocenters. The van der Waals surface area contributed by atoms with Crippen molar-refractivity contribution < 1.29 is 13.9 Å². The first-order chi connectivity index (χ1) is 11.7. The maximum Gasteiger partial charge on any atom is 0.227 e. The lowest BCUT2D eigenvalue weighted by Crippen LogP contribution is -2.39. The molecule has 5 heteroatoms. The molecule has 0 saturated carbocycles. The van der Waals surface area contributed by atoms with Gasteiger partial charge in [0.15, 0.2) is 0 Å². The maximum atomic E-state index is 12.8. The number of carbonyl (C=O) groups is 1. The molecule has 2 aromatic rings. The van der Waals surface area contributed by atoms with Gasteiger partial charge in [0, 0.05) is 18.0 Å². The van der Waals surface area contributed by atoms with E-state index in [-0.39, 0.29) is 11.7 Å². The number of nitrogens with zero attached hydrogens (tertiary/aromatic N) is 1. The molecule has 2 heterocycles. The second-order valence-corrected chi connectivity index (χ2v) is 7.20. The van der Waals surface area contributed by atoms with Gasteiger partial charge in [0.25, 0.3) is 0 Å². The third kappa shape index (κ3) is 4.81. The number of carbonyl (C=O) groups excluding carboxylic acids is 1. The smallest absolute Gasteiger partial charge is 0.227 e. The monoisotopic (exact) mass is 347 g/mol. The fourth-order valence-corrected chi connectivity index (χ4v) is 3.72. The summed E-state index contributed by atoms with van der Waals surface area (Å²) >= 11 is 1.64. The largest absolute Gasteiger partial charge is 0.494 e. The molecule has 1 aromatic heterocycles. The van der Waals surface area contributed by atoms with Gasteiger partial charge < -0.3 is 9.64 Å². The van der Waals surface area contributed by atoms with E-state index < -0.39 is 0 Å². The predicted octanol–water partition coefficient (Wildman–Crippen LogP) is 4.14. The molecule has 0 aliphatic carbocycles. The van der Waals surface area contributed by atoms with Crippen LogP contribution in [0.2, 0.25) is 0 Å². The van der Waals surface area contributed by atoms with E-state index in [0.717, 1.165) is 37.2 Å². The van der Waals surface area contributed by atoms with E-state index in [0.29, 0.717) is 24.7 Å².